The van der Waals surface area contributed by atoms with Crippen molar-refractivity contribution >= 4 is 23.2 Å². The molecule has 6 nitrogen and oxygen atoms in total. The molecule has 0 aliphatic rings. The molecule has 0 fully saturated rings. The molecule has 35 heavy (non-hydrogen) atoms. The first-order chi connectivity index (χ1) is 17.0. The van der Waals surface area contributed by atoms with Gasteiger partial charge in [-0.2, -0.15) is 5.26 Å². The summed E-state index contributed by atoms with van der Waals surface area (Å²) >= 11 is 0. The third-order valence-electron chi connectivity index (χ3n) is 5.45. The van der Waals surface area contributed by atoms with E-state index in [-0.39, 0.29) is 11.0 Å². The zero-order valence-corrected chi connectivity index (χ0v) is 19.5. The van der Waals surface area contributed by atoms with Crippen LogP contribution in [0.1, 0.15) is 43.1 Å². The van der Waals surface area contributed by atoms with Crippen molar-refractivity contribution in [1.29, 1.82) is 5.26 Å². The number of benzene rings is 2. The Morgan fingerprint density at radius 1 is 1.11 bits per heavy atom. The van der Waals surface area contributed by atoms with Crippen LogP contribution in [0.4, 0.5) is 8.78 Å². The normalized spacial score (nSPS) is 11.2. The second-order valence-corrected chi connectivity index (χ2v) is 7.85. The third-order valence-corrected chi connectivity index (χ3v) is 5.45. The van der Waals surface area contributed by atoms with Crippen molar-refractivity contribution in [3.63, 3.8) is 0 Å². The number of nitriles is 1. The molecule has 4 aromatic rings. The number of rotatable bonds is 9. The number of nitrogens with zero attached hydrogens (tertiary/aromatic N) is 4. The van der Waals surface area contributed by atoms with Gasteiger partial charge in [0.25, 0.3) is 0 Å². The van der Waals surface area contributed by atoms with E-state index in [4.69, 9.17) is 14.7 Å². The first-order valence-electron chi connectivity index (χ1n) is 11.3. The van der Waals surface area contributed by atoms with Gasteiger partial charge in [-0.3, -0.25) is 4.57 Å². The van der Waals surface area contributed by atoms with Crippen molar-refractivity contribution in [2.45, 2.75) is 26.2 Å². The van der Waals surface area contributed by atoms with Crippen LogP contribution in [-0.4, -0.2) is 28.3 Å². The van der Waals surface area contributed by atoms with Crippen LogP contribution in [0, 0.1) is 23.0 Å². The molecule has 0 atom stereocenters. The second kappa shape index (κ2) is 10.8. The number of para-hydroxylation sites is 1. The average Bonchev–Trinajstić information content (AvgIpc) is 3.24. The van der Waals surface area contributed by atoms with E-state index in [1.165, 1.54) is 12.3 Å². The molecule has 0 N–H and O–H groups in total. The molecule has 0 bridgehead atoms. The van der Waals surface area contributed by atoms with E-state index in [0.29, 0.717) is 35.3 Å². The molecule has 0 aliphatic heterocycles. The Balaban J connectivity index is 1.80. The average molecular weight is 475 g/mol. The fraction of sp³-hybridized carbons (Fsp3) is 0.222. The molecule has 4 rings (SSSR count). The van der Waals surface area contributed by atoms with Crippen LogP contribution in [0.2, 0.25) is 0 Å². The zero-order chi connectivity index (χ0) is 24.8. The first-order valence-corrected chi connectivity index (χ1v) is 11.3. The van der Waals surface area contributed by atoms with Crippen LogP contribution in [0.25, 0.3) is 29.0 Å². The predicted octanol–water partition coefficient (Wildman–Crippen LogP) is 6.32. The van der Waals surface area contributed by atoms with E-state index in [9.17, 15) is 8.78 Å². The van der Waals surface area contributed by atoms with Gasteiger partial charge in [0.15, 0.2) is 17.3 Å². The summed E-state index contributed by atoms with van der Waals surface area (Å²) in [6, 6.07) is 12.7. The van der Waals surface area contributed by atoms with E-state index >= 15 is 0 Å². The third kappa shape index (κ3) is 5.14. The standard InChI is InChI=1S/C27H24F2N4O2/c1-3-4-5-13-35-27-19(7-6-8-23(27)34-2)10-12-25-32-26-21(29)14-20(28)15-22(26)33(25)24-11-9-18(16-30)17-31-24/h6-12,14-15,17H,3-5,13H2,1-2H3/b12-10+. The lowest BCUT2D eigenvalue weighted by atomic mass is 10.1. The first kappa shape index (κ1) is 23.9. The van der Waals surface area contributed by atoms with E-state index in [0.717, 1.165) is 30.9 Å². The van der Waals surface area contributed by atoms with Crippen LogP contribution < -0.4 is 9.47 Å². The molecule has 0 spiro atoms. The number of unbranched alkanes of at least 4 members (excludes halogenated alkanes) is 2. The van der Waals surface area contributed by atoms with Gasteiger partial charge in [-0.1, -0.05) is 31.9 Å². The minimum Gasteiger partial charge on any atom is -0.493 e. The number of aromatic nitrogens is 3. The van der Waals surface area contributed by atoms with Gasteiger partial charge in [0, 0.05) is 23.9 Å². The number of halogens is 2. The van der Waals surface area contributed by atoms with Crippen LogP contribution >= 0.6 is 0 Å². The number of hydrogen-bond acceptors (Lipinski definition) is 5. The SMILES string of the molecule is CCCCCOc1c(/C=C/c2nc3c(F)cc(F)cc3n2-c2ccc(C#N)cn2)cccc1OC. The predicted molar refractivity (Wildman–Crippen MR) is 130 cm³/mol. The molecule has 0 aliphatic carbocycles. The number of methoxy groups -OCH3 is 1. The maximum absolute atomic E-state index is 14.6. The number of imidazole rings is 1. The summed E-state index contributed by atoms with van der Waals surface area (Å²) < 4.78 is 41.7. The molecule has 2 aromatic carbocycles. The van der Waals surface area contributed by atoms with Gasteiger partial charge >= 0.3 is 0 Å². The van der Waals surface area contributed by atoms with Gasteiger partial charge in [0.05, 0.1) is 24.8 Å². The van der Waals surface area contributed by atoms with Gasteiger partial charge in [0.1, 0.15) is 29.0 Å². The maximum Gasteiger partial charge on any atom is 0.168 e. The zero-order valence-electron chi connectivity index (χ0n) is 19.5. The van der Waals surface area contributed by atoms with Crippen molar-refractivity contribution in [1.82, 2.24) is 14.5 Å². The highest BCUT2D eigenvalue weighted by Gasteiger charge is 2.17. The molecule has 8 heteroatoms. The highest BCUT2D eigenvalue weighted by Crippen LogP contribution is 2.33. The van der Waals surface area contributed by atoms with Crippen molar-refractivity contribution in [3.8, 4) is 23.4 Å². The molecule has 178 valence electrons. The van der Waals surface area contributed by atoms with Crippen LogP contribution in [0.15, 0.2) is 48.7 Å². The molecular formula is C27H24F2N4O2. The summed E-state index contributed by atoms with van der Waals surface area (Å²) in [5, 5.41) is 9.09. The lowest BCUT2D eigenvalue weighted by Crippen LogP contribution is -2.01. The molecule has 0 amide bonds. The number of pyridine rings is 1. The molecule has 2 heterocycles. The van der Waals surface area contributed by atoms with E-state index in [1.54, 1.807) is 36.0 Å². The van der Waals surface area contributed by atoms with Crippen molar-refractivity contribution in [2.75, 3.05) is 13.7 Å². The molecule has 0 saturated heterocycles. The molecule has 2 aromatic heterocycles. The Hall–Kier alpha value is -4.25. The lowest BCUT2D eigenvalue weighted by molar-refractivity contribution is 0.285. The number of hydrogen-bond donors (Lipinski definition) is 0. The van der Waals surface area contributed by atoms with Crippen molar-refractivity contribution in [2.24, 2.45) is 0 Å². The Morgan fingerprint density at radius 2 is 1.97 bits per heavy atom. The highest BCUT2D eigenvalue weighted by atomic mass is 19.1. The van der Waals surface area contributed by atoms with E-state index in [2.05, 4.69) is 16.9 Å². The van der Waals surface area contributed by atoms with Gasteiger partial charge in [0.2, 0.25) is 0 Å². The fourth-order valence-electron chi connectivity index (χ4n) is 3.73. The monoisotopic (exact) mass is 474 g/mol. The Bertz CT molecular complexity index is 1410. The number of fused-ring (bicyclic) bond motifs is 1. The fourth-order valence-corrected chi connectivity index (χ4v) is 3.73. The Labute approximate surface area is 202 Å². The van der Waals surface area contributed by atoms with Crippen LogP contribution in [0.3, 0.4) is 0 Å². The molecular weight excluding hydrogens is 450 g/mol. The van der Waals surface area contributed by atoms with Gasteiger partial charge in [-0.25, -0.2) is 18.7 Å². The summed E-state index contributed by atoms with van der Waals surface area (Å²) in [6.45, 7) is 2.67. The largest absolute Gasteiger partial charge is 0.493 e. The van der Waals surface area contributed by atoms with Gasteiger partial charge in [-0.15, -0.1) is 0 Å². The van der Waals surface area contributed by atoms with Crippen molar-refractivity contribution < 1.29 is 18.3 Å². The second-order valence-electron chi connectivity index (χ2n) is 7.85. The van der Waals surface area contributed by atoms with Crippen LogP contribution in [0.5, 0.6) is 11.5 Å². The van der Waals surface area contributed by atoms with E-state index in [1.807, 2.05) is 24.3 Å². The molecule has 0 unspecified atom stereocenters. The van der Waals surface area contributed by atoms with Crippen LogP contribution in [-0.2, 0) is 0 Å². The van der Waals surface area contributed by atoms with Gasteiger partial charge < -0.3 is 9.47 Å². The summed E-state index contributed by atoms with van der Waals surface area (Å²) in [6.07, 6.45) is 7.93. The summed E-state index contributed by atoms with van der Waals surface area (Å²) in [5.74, 6) is 0.399. The smallest absolute Gasteiger partial charge is 0.168 e. The summed E-state index contributed by atoms with van der Waals surface area (Å²) in [4.78, 5) is 8.70. The maximum atomic E-state index is 14.6. The van der Waals surface area contributed by atoms with E-state index < -0.39 is 11.6 Å². The topological polar surface area (TPSA) is 73.0 Å². The summed E-state index contributed by atoms with van der Waals surface area (Å²) in [7, 11) is 1.58. The van der Waals surface area contributed by atoms with Gasteiger partial charge in [-0.05, 0) is 36.8 Å². The van der Waals surface area contributed by atoms with Crippen molar-refractivity contribution in [3.05, 3.63) is 77.2 Å². The molecule has 0 radical (unpaired) electrons. The minimum absolute atomic E-state index is 0.0129. The highest BCUT2D eigenvalue weighted by molar-refractivity contribution is 5.83. The lowest BCUT2D eigenvalue weighted by Gasteiger charge is -2.13. The summed E-state index contributed by atoms with van der Waals surface area (Å²) in [5.41, 5.74) is 1.35. The Morgan fingerprint density at radius 3 is 2.69 bits per heavy atom. The minimum atomic E-state index is -0.775. The Kier molecular flexibility index (Phi) is 7.36. The number of ether oxygens (including phenoxy) is 2. The molecule has 0 saturated carbocycles. The quantitative estimate of drug-likeness (QED) is 0.266.